The molecule has 24 heavy (non-hydrogen) atoms. The third-order valence-electron chi connectivity index (χ3n) is 4.81. The second-order valence-corrected chi connectivity index (χ2v) is 6.72. The van der Waals surface area contributed by atoms with Crippen molar-refractivity contribution in [1.29, 1.82) is 10.5 Å². The minimum absolute atomic E-state index is 0.342. The molecule has 7 nitrogen and oxygen atoms in total. The standard InChI is InChI=1S/C17H15N7/c1-16(10-19)8-17(9-16,3-4-18)24-7-12(6-23-24)14-13-2-5-20-15(13)22-11-21-14/h2,5-7,11H,3,8-9H2,1H3,(H,20,21,22)/t16-,17-. The van der Waals surface area contributed by atoms with E-state index in [2.05, 4.69) is 32.2 Å². The van der Waals surface area contributed by atoms with E-state index in [1.807, 2.05) is 30.1 Å². The van der Waals surface area contributed by atoms with Crippen LogP contribution >= 0.6 is 0 Å². The number of nitrogens with zero attached hydrogens (tertiary/aromatic N) is 6. The highest BCUT2D eigenvalue weighted by atomic mass is 15.3. The van der Waals surface area contributed by atoms with Gasteiger partial charge in [-0.05, 0) is 25.8 Å². The third kappa shape index (κ3) is 1.99. The number of rotatable bonds is 3. The Morgan fingerprint density at radius 1 is 1.33 bits per heavy atom. The van der Waals surface area contributed by atoms with Crippen LogP contribution in [0.2, 0.25) is 0 Å². The molecule has 0 amide bonds. The number of aromatic nitrogens is 5. The lowest BCUT2D eigenvalue weighted by molar-refractivity contribution is 0.0198. The number of aromatic amines is 1. The van der Waals surface area contributed by atoms with Gasteiger partial charge in [0.15, 0.2) is 0 Å². The molecule has 1 fully saturated rings. The van der Waals surface area contributed by atoms with Gasteiger partial charge >= 0.3 is 0 Å². The first kappa shape index (κ1) is 14.4. The van der Waals surface area contributed by atoms with Crippen molar-refractivity contribution in [3.63, 3.8) is 0 Å². The molecule has 3 aromatic heterocycles. The van der Waals surface area contributed by atoms with E-state index in [9.17, 15) is 10.5 Å². The Hall–Kier alpha value is -3.19. The molecular weight excluding hydrogens is 302 g/mol. The van der Waals surface area contributed by atoms with E-state index in [1.54, 1.807) is 6.20 Å². The molecule has 7 heteroatoms. The first-order valence-electron chi connectivity index (χ1n) is 7.71. The molecule has 3 aromatic rings. The SMILES string of the molecule is C[C@]1(C#N)C[C@](CC#N)(n2cc(-c3ncnc4[nH]ccc34)cn2)C1. The molecule has 1 aliphatic carbocycles. The van der Waals surface area contributed by atoms with Gasteiger partial charge in [0.25, 0.3) is 0 Å². The average Bonchev–Trinajstić information content (AvgIpc) is 3.22. The van der Waals surface area contributed by atoms with E-state index in [0.29, 0.717) is 19.3 Å². The fourth-order valence-corrected chi connectivity index (χ4v) is 3.80. The van der Waals surface area contributed by atoms with E-state index in [1.165, 1.54) is 6.33 Å². The second-order valence-electron chi connectivity index (χ2n) is 6.72. The van der Waals surface area contributed by atoms with Crippen LogP contribution in [0.1, 0.15) is 26.2 Å². The first-order chi connectivity index (χ1) is 11.6. The predicted molar refractivity (Wildman–Crippen MR) is 86.3 cm³/mol. The van der Waals surface area contributed by atoms with Gasteiger partial charge in [-0.1, -0.05) is 0 Å². The highest BCUT2D eigenvalue weighted by molar-refractivity contribution is 5.89. The van der Waals surface area contributed by atoms with Gasteiger partial charge in [0.1, 0.15) is 12.0 Å². The summed E-state index contributed by atoms with van der Waals surface area (Å²) in [6.07, 6.45) is 8.64. The Morgan fingerprint density at radius 3 is 2.92 bits per heavy atom. The molecule has 0 aliphatic heterocycles. The Bertz CT molecular complexity index is 992. The van der Waals surface area contributed by atoms with Crippen molar-refractivity contribution in [2.24, 2.45) is 5.41 Å². The van der Waals surface area contributed by atoms with Crippen molar-refractivity contribution < 1.29 is 0 Å². The maximum Gasteiger partial charge on any atom is 0.141 e. The minimum atomic E-state index is -0.401. The number of nitriles is 2. The van der Waals surface area contributed by atoms with Crippen molar-refractivity contribution in [1.82, 2.24) is 24.7 Å². The van der Waals surface area contributed by atoms with Crippen LogP contribution in [0.15, 0.2) is 31.0 Å². The smallest absolute Gasteiger partial charge is 0.141 e. The quantitative estimate of drug-likeness (QED) is 0.799. The van der Waals surface area contributed by atoms with Crippen molar-refractivity contribution in [3.8, 4) is 23.4 Å². The predicted octanol–water partition coefficient (Wildman–Crippen LogP) is 2.75. The normalized spacial score (nSPS) is 25.8. The van der Waals surface area contributed by atoms with E-state index >= 15 is 0 Å². The van der Waals surface area contributed by atoms with Crippen molar-refractivity contribution in [3.05, 3.63) is 31.0 Å². The van der Waals surface area contributed by atoms with Crippen LogP contribution in [0, 0.1) is 28.1 Å². The summed E-state index contributed by atoms with van der Waals surface area (Å²) >= 11 is 0. The van der Waals surface area contributed by atoms with Gasteiger partial charge in [-0.3, -0.25) is 4.68 Å². The van der Waals surface area contributed by atoms with Crippen LogP contribution in [-0.4, -0.2) is 24.7 Å². The van der Waals surface area contributed by atoms with Gasteiger partial charge in [0.2, 0.25) is 0 Å². The molecule has 0 bridgehead atoms. The van der Waals surface area contributed by atoms with Crippen LogP contribution in [0.3, 0.4) is 0 Å². The van der Waals surface area contributed by atoms with Crippen LogP contribution < -0.4 is 0 Å². The zero-order chi connectivity index (χ0) is 16.8. The van der Waals surface area contributed by atoms with E-state index in [-0.39, 0.29) is 5.41 Å². The van der Waals surface area contributed by atoms with Crippen LogP contribution in [0.5, 0.6) is 0 Å². The third-order valence-corrected chi connectivity index (χ3v) is 4.81. The zero-order valence-corrected chi connectivity index (χ0v) is 13.2. The van der Waals surface area contributed by atoms with Gasteiger partial charge in [-0.25, -0.2) is 9.97 Å². The fourth-order valence-electron chi connectivity index (χ4n) is 3.80. The van der Waals surface area contributed by atoms with Crippen LogP contribution in [0.25, 0.3) is 22.3 Å². The Labute approximate surface area is 138 Å². The lowest BCUT2D eigenvalue weighted by Gasteiger charge is -2.50. The maximum absolute atomic E-state index is 9.29. The lowest BCUT2D eigenvalue weighted by atomic mass is 9.58. The van der Waals surface area contributed by atoms with E-state index in [4.69, 9.17) is 0 Å². The molecular formula is C17H15N7. The molecule has 0 spiro atoms. The Morgan fingerprint density at radius 2 is 2.17 bits per heavy atom. The summed E-state index contributed by atoms with van der Waals surface area (Å²) < 4.78 is 1.84. The topological polar surface area (TPSA) is 107 Å². The van der Waals surface area contributed by atoms with Crippen molar-refractivity contribution in [2.75, 3.05) is 0 Å². The van der Waals surface area contributed by atoms with Gasteiger partial charge in [-0.2, -0.15) is 15.6 Å². The van der Waals surface area contributed by atoms with Gasteiger partial charge in [0.05, 0.1) is 41.4 Å². The fraction of sp³-hybridized carbons (Fsp3) is 0.353. The van der Waals surface area contributed by atoms with Crippen LogP contribution in [-0.2, 0) is 5.54 Å². The molecule has 4 rings (SSSR count). The molecule has 118 valence electrons. The second kappa shape index (κ2) is 4.90. The Kier molecular flexibility index (Phi) is 2.94. The number of hydrogen-bond donors (Lipinski definition) is 1. The largest absolute Gasteiger partial charge is 0.346 e. The summed E-state index contributed by atoms with van der Waals surface area (Å²) in [5.74, 6) is 0. The van der Waals surface area contributed by atoms with Gasteiger partial charge in [0, 0.05) is 23.3 Å². The molecule has 0 unspecified atom stereocenters. The maximum atomic E-state index is 9.29. The average molecular weight is 317 g/mol. The highest BCUT2D eigenvalue weighted by Crippen LogP contribution is 2.54. The summed E-state index contributed by atoms with van der Waals surface area (Å²) in [6.45, 7) is 1.93. The molecule has 0 atom stereocenters. The lowest BCUT2D eigenvalue weighted by Crippen LogP contribution is -2.51. The molecule has 0 saturated heterocycles. The Balaban J connectivity index is 1.74. The molecule has 1 N–H and O–H groups in total. The summed E-state index contributed by atoms with van der Waals surface area (Å²) in [5, 5.41) is 23.9. The molecule has 3 heterocycles. The van der Waals surface area contributed by atoms with E-state index < -0.39 is 5.54 Å². The summed E-state index contributed by atoms with van der Waals surface area (Å²) in [4.78, 5) is 11.6. The minimum Gasteiger partial charge on any atom is -0.346 e. The van der Waals surface area contributed by atoms with Gasteiger partial charge < -0.3 is 4.98 Å². The van der Waals surface area contributed by atoms with Gasteiger partial charge in [-0.15, -0.1) is 0 Å². The number of fused-ring (bicyclic) bond motifs is 1. The monoisotopic (exact) mass is 317 g/mol. The summed E-state index contributed by atoms with van der Waals surface area (Å²) in [5.41, 5.74) is 1.68. The van der Waals surface area contributed by atoms with Crippen LogP contribution in [0.4, 0.5) is 0 Å². The van der Waals surface area contributed by atoms with Crippen molar-refractivity contribution in [2.45, 2.75) is 31.7 Å². The summed E-state index contributed by atoms with van der Waals surface area (Å²) in [7, 11) is 0. The first-order valence-corrected chi connectivity index (χ1v) is 7.71. The molecule has 1 aliphatic rings. The highest BCUT2D eigenvalue weighted by Gasteiger charge is 2.54. The molecule has 0 radical (unpaired) electrons. The molecule has 1 saturated carbocycles. The van der Waals surface area contributed by atoms with Crippen molar-refractivity contribution >= 4 is 11.0 Å². The number of nitrogens with one attached hydrogen (secondary N) is 1. The van der Waals surface area contributed by atoms with E-state index in [0.717, 1.165) is 22.3 Å². The zero-order valence-electron chi connectivity index (χ0n) is 13.2. The number of H-pyrrole nitrogens is 1. The summed E-state index contributed by atoms with van der Waals surface area (Å²) in [6, 6.07) is 6.52. The number of hydrogen-bond acceptors (Lipinski definition) is 5. The molecule has 0 aromatic carbocycles.